The molecule has 0 bridgehead atoms. The highest BCUT2D eigenvalue weighted by molar-refractivity contribution is 6.28. The zero-order valence-corrected chi connectivity index (χ0v) is 9.93. The van der Waals surface area contributed by atoms with Crippen LogP contribution < -0.4 is 0 Å². The maximum absolute atomic E-state index is 5.69. The lowest BCUT2D eigenvalue weighted by molar-refractivity contribution is 0.181. The van der Waals surface area contributed by atoms with Gasteiger partial charge < -0.3 is 4.74 Å². The number of nitrogens with zero attached hydrogens (tertiary/aromatic N) is 2. The van der Waals surface area contributed by atoms with E-state index in [0.717, 1.165) is 17.8 Å². The maximum Gasteiger partial charge on any atom is 0.222 e. The Kier molecular flexibility index (Phi) is 7.34. The van der Waals surface area contributed by atoms with Crippen LogP contribution in [0.2, 0.25) is 5.28 Å². The Morgan fingerprint density at radius 2 is 1.86 bits per heavy atom. The van der Waals surface area contributed by atoms with Gasteiger partial charge in [0.15, 0.2) is 0 Å². The van der Waals surface area contributed by atoms with Crippen molar-refractivity contribution >= 4 is 11.6 Å². The van der Waals surface area contributed by atoms with Gasteiger partial charge in [-0.05, 0) is 24.1 Å². The van der Waals surface area contributed by atoms with Gasteiger partial charge in [0.05, 0.1) is 12.3 Å². The van der Waals surface area contributed by atoms with Crippen molar-refractivity contribution in [3.05, 3.63) is 22.7 Å². The smallest absolute Gasteiger partial charge is 0.222 e. The number of ether oxygens (including phenoxy) is 1. The summed E-state index contributed by atoms with van der Waals surface area (Å²) in [6.07, 6.45) is 0.860. The standard InChI is InChI=1S/C8H11ClN2O.C2H6/c1-3-6-4-7(5-12-2)11-8(9)10-6;1-2/h4H,3,5H2,1-2H3;1-2H3. The van der Waals surface area contributed by atoms with Gasteiger partial charge in [0.1, 0.15) is 0 Å². The molecule has 3 nitrogen and oxygen atoms in total. The lowest BCUT2D eigenvalue weighted by Crippen LogP contribution is -1.98. The summed E-state index contributed by atoms with van der Waals surface area (Å²) in [5, 5.41) is 0.293. The van der Waals surface area contributed by atoms with E-state index >= 15 is 0 Å². The monoisotopic (exact) mass is 216 g/mol. The summed E-state index contributed by atoms with van der Waals surface area (Å²) in [4.78, 5) is 8.03. The minimum absolute atomic E-state index is 0.293. The zero-order chi connectivity index (χ0) is 11.0. The Balaban J connectivity index is 0.000000791. The molecule has 0 aliphatic rings. The van der Waals surface area contributed by atoms with Gasteiger partial charge in [0.25, 0.3) is 0 Å². The average Bonchev–Trinajstić information content (AvgIpc) is 2.20. The van der Waals surface area contributed by atoms with E-state index in [1.165, 1.54) is 0 Å². The van der Waals surface area contributed by atoms with Crippen LogP contribution in [-0.4, -0.2) is 17.1 Å². The Bertz CT molecular complexity index is 266. The number of hydrogen-bond donors (Lipinski definition) is 0. The Labute approximate surface area is 90.5 Å². The van der Waals surface area contributed by atoms with Gasteiger partial charge in [-0.2, -0.15) is 0 Å². The van der Waals surface area contributed by atoms with Crippen LogP contribution in [0.1, 0.15) is 32.2 Å². The van der Waals surface area contributed by atoms with Crippen LogP contribution in [0.3, 0.4) is 0 Å². The first kappa shape index (κ1) is 13.3. The molecule has 0 atom stereocenters. The predicted octanol–water partition coefficient (Wildman–Crippen LogP) is 2.87. The second-order valence-electron chi connectivity index (χ2n) is 2.41. The Hall–Kier alpha value is -0.670. The molecule has 0 aliphatic heterocycles. The molecule has 0 radical (unpaired) electrons. The summed E-state index contributed by atoms with van der Waals surface area (Å²) < 4.78 is 4.93. The van der Waals surface area contributed by atoms with Crippen molar-refractivity contribution < 1.29 is 4.74 Å². The fourth-order valence-electron chi connectivity index (χ4n) is 0.922. The number of aromatic nitrogens is 2. The molecular formula is C10H17ClN2O. The first-order valence-corrected chi connectivity index (χ1v) is 5.15. The topological polar surface area (TPSA) is 35.0 Å². The molecule has 1 aromatic rings. The van der Waals surface area contributed by atoms with Gasteiger partial charge in [-0.3, -0.25) is 0 Å². The lowest BCUT2D eigenvalue weighted by Gasteiger charge is -2.01. The second-order valence-corrected chi connectivity index (χ2v) is 2.74. The molecule has 0 aliphatic carbocycles. The highest BCUT2D eigenvalue weighted by Crippen LogP contribution is 2.07. The third-order valence-corrected chi connectivity index (χ3v) is 1.63. The van der Waals surface area contributed by atoms with Crippen molar-refractivity contribution in [2.24, 2.45) is 0 Å². The van der Waals surface area contributed by atoms with Crippen LogP contribution >= 0.6 is 11.6 Å². The molecule has 14 heavy (non-hydrogen) atoms. The van der Waals surface area contributed by atoms with Crippen LogP contribution in [0.25, 0.3) is 0 Å². The van der Waals surface area contributed by atoms with Crippen molar-refractivity contribution in [3.63, 3.8) is 0 Å². The van der Waals surface area contributed by atoms with Gasteiger partial charge >= 0.3 is 0 Å². The largest absolute Gasteiger partial charge is 0.378 e. The summed E-state index contributed by atoms with van der Waals surface area (Å²) >= 11 is 5.69. The molecule has 1 heterocycles. The highest BCUT2D eigenvalue weighted by Gasteiger charge is 2.00. The lowest BCUT2D eigenvalue weighted by atomic mass is 10.3. The van der Waals surface area contributed by atoms with Crippen molar-refractivity contribution in [2.45, 2.75) is 33.8 Å². The van der Waals surface area contributed by atoms with Gasteiger partial charge in [0, 0.05) is 12.8 Å². The molecule has 0 unspecified atom stereocenters. The molecule has 1 aromatic heterocycles. The number of aryl methyl sites for hydroxylation is 1. The summed E-state index contributed by atoms with van der Waals surface area (Å²) in [6, 6.07) is 1.90. The van der Waals surface area contributed by atoms with E-state index in [9.17, 15) is 0 Å². The van der Waals surface area contributed by atoms with Crippen LogP contribution in [0.5, 0.6) is 0 Å². The van der Waals surface area contributed by atoms with Crippen LogP contribution in [0.4, 0.5) is 0 Å². The summed E-state index contributed by atoms with van der Waals surface area (Å²) in [5.74, 6) is 0. The zero-order valence-electron chi connectivity index (χ0n) is 9.17. The molecule has 0 aromatic carbocycles. The van der Waals surface area contributed by atoms with Crippen LogP contribution in [0, 0.1) is 0 Å². The van der Waals surface area contributed by atoms with Crippen molar-refractivity contribution in [1.82, 2.24) is 9.97 Å². The van der Waals surface area contributed by atoms with Crippen LogP contribution in [-0.2, 0) is 17.8 Å². The number of halogens is 1. The van der Waals surface area contributed by atoms with Crippen molar-refractivity contribution in [2.75, 3.05) is 7.11 Å². The maximum atomic E-state index is 5.69. The van der Waals surface area contributed by atoms with E-state index in [4.69, 9.17) is 16.3 Å². The molecule has 0 saturated carbocycles. The highest BCUT2D eigenvalue weighted by atomic mass is 35.5. The van der Waals surface area contributed by atoms with Crippen molar-refractivity contribution in [3.8, 4) is 0 Å². The molecule has 0 amide bonds. The third-order valence-electron chi connectivity index (χ3n) is 1.46. The minimum Gasteiger partial charge on any atom is -0.378 e. The van der Waals surface area contributed by atoms with Gasteiger partial charge in [-0.15, -0.1) is 0 Å². The molecule has 0 saturated heterocycles. The normalized spacial score (nSPS) is 9.21. The van der Waals surface area contributed by atoms with Gasteiger partial charge in [-0.25, -0.2) is 9.97 Å². The molecule has 80 valence electrons. The van der Waals surface area contributed by atoms with Crippen LogP contribution in [0.15, 0.2) is 6.07 Å². The van der Waals surface area contributed by atoms with Gasteiger partial charge in [-0.1, -0.05) is 20.8 Å². The van der Waals surface area contributed by atoms with Gasteiger partial charge in [0.2, 0.25) is 5.28 Å². The first-order valence-electron chi connectivity index (χ1n) is 4.77. The summed E-state index contributed by atoms with van der Waals surface area (Å²) in [5.41, 5.74) is 1.77. The molecule has 0 N–H and O–H groups in total. The molecule has 4 heteroatoms. The fourth-order valence-corrected chi connectivity index (χ4v) is 1.14. The summed E-state index contributed by atoms with van der Waals surface area (Å²) in [6.45, 7) is 6.50. The van der Waals surface area contributed by atoms with E-state index in [-0.39, 0.29) is 0 Å². The van der Waals surface area contributed by atoms with E-state index in [2.05, 4.69) is 9.97 Å². The number of hydrogen-bond acceptors (Lipinski definition) is 3. The quantitative estimate of drug-likeness (QED) is 0.729. The van der Waals surface area contributed by atoms with E-state index < -0.39 is 0 Å². The van der Waals surface area contributed by atoms with E-state index in [1.54, 1.807) is 7.11 Å². The average molecular weight is 217 g/mol. The molecular weight excluding hydrogens is 200 g/mol. The summed E-state index contributed by atoms with van der Waals surface area (Å²) in [7, 11) is 1.63. The number of methoxy groups -OCH3 is 1. The predicted molar refractivity (Wildman–Crippen MR) is 58.5 cm³/mol. The minimum atomic E-state index is 0.293. The first-order chi connectivity index (χ1) is 6.76. The Morgan fingerprint density at radius 1 is 1.29 bits per heavy atom. The SMILES string of the molecule is CC.CCc1cc(COC)nc(Cl)n1. The Morgan fingerprint density at radius 3 is 2.36 bits per heavy atom. The fraction of sp³-hybridized carbons (Fsp3) is 0.600. The second kappa shape index (κ2) is 7.71. The third kappa shape index (κ3) is 4.53. The van der Waals surface area contributed by atoms with E-state index in [1.807, 2.05) is 26.8 Å². The molecule has 0 spiro atoms. The molecule has 1 rings (SSSR count). The molecule has 0 fully saturated rings. The van der Waals surface area contributed by atoms with Crippen molar-refractivity contribution in [1.29, 1.82) is 0 Å². The van der Waals surface area contributed by atoms with E-state index in [0.29, 0.717) is 11.9 Å². The number of rotatable bonds is 3.